The second kappa shape index (κ2) is 3.09. The van der Waals surface area contributed by atoms with E-state index in [0.29, 0.717) is 17.6 Å². The smallest absolute Gasteiger partial charge is 0.145 e. The Hall–Kier alpha value is -0.630. The number of rotatable bonds is 1. The molecule has 2 heteroatoms. The maximum absolute atomic E-state index is 12.8. The third-order valence-corrected chi connectivity index (χ3v) is 5.99. The van der Waals surface area contributed by atoms with Crippen LogP contribution in [0.3, 0.4) is 0 Å². The lowest BCUT2D eigenvalue weighted by Gasteiger charge is -2.54. The molecule has 2 nitrogen and oxygen atoms in total. The van der Waals surface area contributed by atoms with Crippen LogP contribution in [0.1, 0.15) is 47.0 Å². The lowest BCUT2D eigenvalue weighted by Crippen LogP contribution is -2.54. The number of allylic oxidation sites excluding steroid dienone is 1. The van der Waals surface area contributed by atoms with Gasteiger partial charge < -0.3 is 5.11 Å². The van der Waals surface area contributed by atoms with E-state index < -0.39 is 5.60 Å². The highest BCUT2D eigenvalue weighted by Gasteiger charge is 2.69. The number of hydrogen-bond donors (Lipinski definition) is 1. The molecule has 4 saturated carbocycles. The van der Waals surface area contributed by atoms with Gasteiger partial charge in [0.15, 0.2) is 0 Å². The Morgan fingerprint density at radius 1 is 1.33 bits per heavy atom. The van der Waals surface area contributed by atoms with Crippen molar-refractivity contribution in [1.82, 2.24) is 0 Å². The van der Waals surface area contributed by atoms with Gasteiger partial charge in [0.25, 0.3) is 0 Å². The van der Waals surface area contributed by atoms with Crippen LogP contribution in [0.25, 0.3) is 0 Å². The van der Waals surface area contributed by atoms with Crippen molar-refractivity contribution in [2.24, 2.45) is 28.6 Å². The van der Waals surface area contributed by atoms with Gasteiger partial charge in [0.2, 0.25) is 0 Å². The van der Waals surface area contributed by atoms with E-state index in [1.54, 1.807) is 0 Å². The molecule has 0 amide bonds. The predicted molar refractivity (Wildman–Crippen MR) is 71.0 cm³/mol. The fraction of sp³-hybridized carbons (Fsp3) is 0.812. The van der Waals surface area contributed by atoms with Gasteiger partial charge in [-0.1, -0.05) is 26.0 Å². The molecule has 0 aliphatic heterocycles. The number of Topliss-reactive ketones (excluding diaryl/α,β-unsaturated/α-hetero) is 1. The molecule has 4 aliphatic rings. The van der Waals surface area contributed by atoms with Gasteiger partial charge in [0.1, 0.15) is 5.78 Å². The number of carbonyl (C=O) groups excluding carboxylic acids is 1. The zero-order valence-electron chi connectivity index (χ0n) is 11.9. The molecule has 0 heterocycles. The van der Waals surface area contributed by atoms with Crippen LogP contribution in [0.15, 0.2) is 12.2 Å². The Morgan fingerprint density at radius 3 is 2.50 bits per heavy atom. The molecule has 18 heavy (non-hydrogen) atoms. The summed E-state index contributed by atoms with van der Waals surface area (Å²) in [6.45, 7) is 12.2. The lowest BCUT2D eigenvalue weighted by molar-refractivity contribution is -0.149. The first-order valence-electron chi connectivity index (χ1n) is 7.04. The Morgan fingerprint density at radius 2 is 1.94 bits per heavy atom. The first kappa shape index (κ1) is 12.4. The summed E-state index contributed by atoms with van der Waals surface area (Å²) in [5.41, 5.74) is 0.0785. The second-order valence-electron chi connectivity index (χ2n) is 7.95. The number of hydrogen-bond acceptors (Lipinski definition) is 2. The van der Waals surface area contributed by atoms with E-state index >= 15 is 0 Å². The summed E-state index contributed by atoms with van der Waals surface area (Å²) in [4.78, 5) is 12.8. The van der Waals surface area contributed by atoms with Crippen LogP contribution in [0.5, 0.6) is 0 Å². The highest BCUT2D eigenvalue weighted by atomic mass is 16.3. The zero-order chi connectivity index (χ0) is 13.5. The lowest BCUT2D eigenvalue weighted by atomic mass is 9.48. The van der Waals surface area contributed by atoms with Crippen molar-refractivity contribution in [2.45, 2.75) is 52.6 Å². The minimum Gasteiger partial charge on any atom is -0.390 e. The molecule has 0 aromatic rings. The second-order valence-corrected chi connectivity index (χ2v) is 7.95. The number of carbonyl (C=O) groups is 1. The summed E-state index contributed by atoms with van der Waals surface area (Å²) in [6, 6.07) is 0. The van der Waals surface area contributed by atoms with E-state index in [1.807, 2.05) is 13.8 Å². The molecule has 4 bridgehead atoms. The maximum Gasteiger partial charge on any atom is 0.145 e. The minimum atomic E-state index is -0.691. The van der Waals surface area contributed by atoms with Gasteiger partial charge in [0, 0.05) is 10.8 Å². The van der Waals surface area contributed by atoms with Crippen LogP contribution in [0, 0.1) is 28.6 Å². The maximum atomic E-state index is 12.8. The van der Waals surface area contributed by atoms with Crippen LogP contribution in [0.2, 0.25) is 0 Å². The van der Waals surface area contributed by atoms with Crippen LogP contribution >= 0.6 is 0 Å². The van der Waals surface area contributed by atoms with Gasteiger partial charge in [-0.3, -0.25) is 4.79 Å². The fourth-order valence-corrected chi connectivity index (χ4v) is 5.53. The number of ketones is 1. The van der Waals surface area contributed by atoms with Gasteiger partial charge in [-0.15, -0.1) is 0 Å². The summed E-state index contributed by atoms with van der Waals surface area (Å²) in [7, 11) is 0. The van der Waals surface area contributed by atoms with Crippen molar-refractivity contribution in [3.05, 3.63) is 12.2 Å². The van der Waals surface area contributed by atoms with Crippen molar-refractivity contribution >= 4 is 5.78 Å². The number of aliphatic hydroxyl groups is 1. The molecule has 5 atom stereocenters. The van der Waals surface area contributed by atoms with Crippen molar-refractivity contribution < 1.29 is 9.90 Å². The van der Waals surface area contributed by atoms with Crippen molar-refractivity contribution in [3.8, 4) is 0 Å². The van der Waals surface area contributed by atoms with Gasteiger partial charge in [-0.25, -0.2) is 0 Å². The molecule has 0 aromatic heterocycles. The fourth-order valence-electron chi connectivity index (χ4n) is 5.53. The van der Waals surface area contributed by atoms with Gasteiger partial charge in [-0.05, 0) is 50.9 Å². The van der Waals surface area contributed by atoms with Gasteiger partial charge in [-0.2, -0.15) is 0 Å². The van der Waals surface area contributed by atoms with E-state index in [9.17, 15) is 9.90 Å². The van der Waals surface area contributed by atoms with Crippen molar-refractivity contribution in [3.63, 3.8) is 0 Å². The summed E-state index contributed by atoms with van der Waals surface area (Å²) >= 11 is 0. The van der Waals surface area contributed by atoms with E-state index in [-0.39, 0.29) is 16.7 Å². The number of fused-ring (bicyclic) bond motifs is 1. The molecule has 4 fully saturated rings. The normalized spacial score (nSPS) is 51.1. The van der Waals surface area contributed by atoms with E-state index in [4.69, 9.17) is 0 Å². The third-order valence-electron chi connectivity index (χ3n) is 5.99. The molecule has 4 rings (SSSR count). The standard InChI is InChI=1S/C16H24O2/c1-9-6-15(4)7-10-11(14(2,3)18)8-16(5,12(9)10)13(15)17/h10-12,18H,1,6-8H2,2-5H3/t10-,11+,12-,15+,16+/m1/s1. The summed E-state index contributed by atoms with van der Waals surface area (Å²) in [5, 5.41) is 10.4. The molecule has 0 aromatic carbocycles. The molecular formula is C16H24O2. The predicted octanol–water partition coefficient (Wildman–Crippen LogP) is 2.95. The monoisotopic (exact) mass is 248 g/mol. The molecule has 4 aliphatic carbocycles. The first-order chi connectivity index (χ1) is 8.09. The molecule has 1 N–H and O–H groups in total. The molecule has 0 saturated heterocycles. The van der Waals surface area contributed by atoms with Gasteiger partial charge in [0.05, 0.1) is 5.60 Å². The molecule has 100 valence electrons. The van der Waals surface area contributed by atoms with Crippen LogP contribution in [-0.4, -0.2) is 16.5 Å². The average molecular weight is 248 g/mol. The molecular weight excluding hydrogens is 224 g/mol. The van der Waals surface area contributed by atoms with Crippen LogP contribution < -0.4 is 0 Å². The Balaban J connectivity index is 2.12. The molecule has 0 radical (unpaired) electrons. The molecule has 0 spiro atoms. The Kier molecular flexibility index (Phi) is 2.13. The van der Waals surface area contributed by atoms with Gasteiger partial charge >= 0.3 is 0 Å². The quantitative estimate of drug-likeness (QED) is 0.724. The van der Waals surface area contributed by atoms with E-state index in [2.05, 4.69) is 20.4 Å². The third kappa shape index (κ3) is 1.25. The summed E-state index contributed by atoms with van der Waals surface area (Å²) < 4.78 is 0. The highest BCUT2D eigenvalue weighted by molar-refractivity contribution is 5.93. The van der Waals surface area contributed by atoms with Crippen molar-refractivity contribution in [2.75, 3.05) is 0 Å². The van der Waals surface area contributed by atoms with Crippen molar-refractivity contribution in [1.29, 1.82) is 0 Å². The van der Waals surface area contributed by atoms with Crippen LogP contribution in [0.4, 0.5) is 0 Å². The topological polar surface area (TPSA) is 37.3 Å². The highest BCUT2D eigenvalue weighted by Crippen LogP contribution is 2.69. The summed E-state index contributed by atoms with van der Waals surface area (Å²) in [5.74, 6) is 1.41. The zero-order valence-corrected chi connectivity index (χ0v) is 11.9. The summed E-state index contributed by atoms with van der Waals surface area (Å²) in [6.07, 6.45) is 2.64. The largest absolute Gasteiger partial charge is 0.390 e. The Labute approximate surface area is 109 Å². The van der Waals surface area contributed by atoms with Crippen LogP contribution in [-0.2, 0) is 4.79 Å². The van der Waals surface area contributed by atoms with E-state index in [0.717, 1.165) is 19.3 Å². The first-order valence-corrected chi connectivity index (χ1v) is 7.04. The minimum absolute atomic E-state index is 0.217. The molecule has 0 unspecified atom stereocenters. The average Bonchev–Trinajstić information content (AvgIpc) is 2.47. The SMILES string of the molecule is C=C1C[C@@]2(C)C[C@H]3[C@@H]1[C@](C)(C[C@@H]3C(C)(C)O)C2=O. The Bertz CT molecular complexity index is 445. The van der Waals surface area contributed by atoms with E-state index in [1.165, 1.54) is 5.57 Å².